The number of hydrogen-bond acceptors (Lipinski definition) is 4. The van der Waals surface area contributed by atoms with Crippen molar-refractivity contribution < 1.29 is 22.0 Å². The number of nitrogens with zero attached hydrogens (tertiary/aromatic N) is 1. The van der Waals surface area contributed by atoms with Crippen molar-refractivity contribution in [3.05, 3.63) is 53.3 Å². The first-order chi connectivity index (χ1) is 12.3. The van der Waals surface area contributed by atoms with E-state index in [0.29, 0.717) is 5.92 Å². The molecule has 2 heterocycles. The zero-order valence-electron chi connectivity index (χ0n) is 13.7. The minimum Gasteiger partial charge on any atom is -0.321 e. The number of pyridine rings is 1. The Morgan fingerprint density at radius 2 is 1.96 bits per heavy atom. The first kappa shape index (κ1) is 17.1. The van der Waals surface area contributed by atoms with Gasteiger partial charge < -0.3 is 5.32 Å². The van der Waals surface area contributed by atoms with Gasteiger partial charge in [-0.15, -0.1) is 0 Å². The molecule has 1 aliphatic heterocycles. The number of amides is 1. The Morgan fingerprint density at radius 3 is 2.62 bits per heavy atom. The Bertz CT molecular complexity index is 984. The number of rotatable bonds is 3. The lowest BCUT2D eigenvalue weighted by atomic mass is 10.0. The van der Waals surface area contributed by atoms with E-state index in [1.54, 1.807) is 12.1 Å². The summed E-state index contributed by atoms with van der Waals surface area (Å²) in [6, 6.07) is 7.10. The number of halogens is 2. The molecule has 1 amide bonds. The molecule has 0 spiro atoms. The highest BCUT2D eigenvalue weighted by atomic mass is 32.2. The van der Waals surface area contributed by atoms with E-state index in [1.807, 2.05) is 0 Å². The number of anilines is 1. The van der Waals surface area contributed by atoms with Crippen molar-refractivity contribution in [1.29, 1.82) is 0 Å². The Hall–Kier alpha value is -2.35. The molecule has 8 heteroatoms. The lowest BCUT2D eigenvalue weighted by molar-refractivity contribution is -0.0126. The molecule has 136 valence electrons. The topological polar surface area (TPSA) is 76.1 Å². The van der Waals surface area contributed by atoms with Gasteiger partial charge in [-0.2, -0.15) is 0 Å². The third kappa shape index (κ3) is 2.98. The van der Waals surface area contributed by atoms with Crippen molar-refractivity contribution in [3.63, 3.8) is 0 Å². The fraction of sp³-hybridized carbons (Fsp3) is 0.333. The summed E-state index contributed by atoms with van der Waals surface area (Å²) >= 11 is 0. The van der Waals surface area contributed by atoms with Crippen molar-refractivity contribution in [2.75, 3.05) is 11.1 Å². The summed E-state index contributed by atoms with van der Waals surface area (Å²) in [7, 11) is -3.89. The summed E-state index contributed by atoms with van der Waals surface area (Å²) in [5.74, 6) is -4.04. The van der Waals surface area contributed by atoms with E-state index in [-0.39, 0.29) is 11.3 Å². The Kier molecular flexibility index (Phi) is 3.83. The maximum atomic E-state index is 14.1. The van der Waals surface area contributed by atoms with Crippen LogP contribution in [0.5, 0.6) is 0 Å². The standard InChI is InChI=1S/C18H16F2N2O3S/c19-18(20)8-9-26(24,25)16-13(18)2-1-3-15(16)22-17(23)12-6-7-14(21-10-12)11-4-5-11/h1-3,6-7,10-11H,4-5,8-9H2,(H,22,23). The van der Waals surface area contributed by atoms with Gasteiger partial charge in [0.15, 0.2) is 9.84 Å². The van der Waals surface area contributed by atoms with E-state index in [2.05, 4.69) is 10.3 Å². The van der Waals surface area contributed by atoms with Crippen LogP contribution in [0.1, 0.15) is 46.8 Å². The van der Waals surface area contributed by atoms with Gasteiger partial charge in [0.25, 0.3) is 11.8 Å². The molecule has 0 radical (unpaired) electrons. The van der Waals surface area contributed by atoms with E-state index >= 15 is 0 Å². The van der Waals surface area contributed by atoms with Gasteiger partial charge in [-0.25, -0.2) is 17.2 Å². The van der Waals surface area contributed by atoms with Crippen LogP contribution in [0.25, 0.3) is 0 Å². The Labute approximate surface area is 149 Å². The second kappa shape index (κ2) is 5.84. The van der Waals surface area contributed by atoms with E-state index in [9.17, 15) is 22.0 Å². The number of carbonyl (C=O) groups is 1. The molecule has 5 nitrogen and oxygen atoms in total. The van der Waals surface area contributed by atoms with Crippen molar-refractivity contribution in [2.24, 2.45) is 0 Å². The first-order valence-electron chi connectivity index (χ1n) is 8.29. The third-order valence-corrected chi connectivity index (χ3v) is 6.50. The molecule has 1 aromatic heterocycles. The fourth-order valence-electron chi connectivity index (χ4n) is 3.11. The molecule has 2 aromatic rings. The van der Waals surface area contributed by atoms with Crippen LogP contribution in [0.3, 0.4) is 0 Å². The maximum absolute atomic E-state index is 14.1. The molecule has 1 N–H and O–H groups in total. The van der Waals surface area contributed by atoms with Crippen LogP contribution in [-0.4, -0.2) is 25.1 Å². The molecule has 1 saturated carbocycles. The van der Waals surface area contributed by atoms with Crippen LogP contribution in [0.4, 0.5) is 14.5 Å². The molecule has 26 heavy (non-hydrogen) atoms. The Balaban J connectivity index is 1.67. The normalized spacial score (nSPS) is 20.2. The van der Waals surface area contributed by atoms with Crippen LogP contribution in [0.15, 0.2) is 41.4 Å². The van der Waals surface area contributed by atoms with Gasteiger partial charge in [0, 0.05) is 29.8 Å². The summed E-state index contributed by atoms with van der Waals surface area (Å²) < 4.78 is 52.9. The maximum Gasteiger partial charge on any atom is 0.275 e. The minimum atomic E-state index is -3.89. The van der Waals surface area contributed by atoms with Gasteiger partial charge in [-0.05, 0) is 31.0 Å². The van der Waals surface area contributed by atoms with Crippen LogP contribution < -0.4 is 5.32 Å². The molecule has 0 unspecified atom stereocenters. The average Bonchev–Trinajstić information content (AvgIpc) is 3.44. The number of sulfone groups is 1. The van der Waals surface area contributed by atoms with Gasteiger partial charge >= 0.3 is 0 Å². The highest BCUT2D eigenvalue weighted by Gasteiger charge is 2.44. The van der Waals surface area contributed by atoms with Gasteiger partial charge in [0.2, 0.25) is 0 Å². The summed E-state index contributed by atoms with van der Waals surface area (Å²) in [5.41, 5.74) is 0.467. The molecule has 1 aliphatic carbocycles. The molecule has 0 atom stereocenters. The number of benzene rings is 1. The van der Waals surface area contributed by atoms with E-state index < -0.39 is 44.3 Å². The first-order valence-corrected chi connectivity index (χ1v) is 9.94. The van der Waals surface area contributed by atoms with Crippen molar-refractivity contribution in [3.8, 4) is 0 Å². The zero-order chi connectivity index (χ0) is 18.5. The van der Waals surface area contributed by atoms with Gasteiger partial charge in [0.1, 0.15) is 0 Å². The number of nitrogens with one attached hydrogen (secondary N) is 1. The number of aromatic nitrogens is 1. The van der Waals surface area contributed by atoms with Crippen LogP contribution in [-0.2, 0) is 15.8 Å². The van der Waals surface area contributed by atoms with Gasteiger partial charge in [-0.1, -0.05) is 12.1 Å². The third-order valence-electron chi connectivity index (χ3n) is 4.70. The average molecular weight is 378 g/mol. The predicted octanol–water partition coefficient (Wildman–Crippen LogP) is 3.48. The number of carbonyl (C=O) groups excluding carboxylic acids is 1. The molecular weight excluding hydrogens is 362 g/mol. The smallest absolute Gasteiger partial charge is 0.275 e. The summed E-state index contributed by atoms with van der Waals surface area (Å²) in [6.45, 7) is 0. The summed E-state index contributed by atoms with van der Waals surface area (Å²) in [6.07, 6.45) is 2.83. The van der Waals surface area contributed by atoms with E-state index in [0.717, 1.165) is 24.6 Å². The molecular formula is C18H16F2N2O3S. The summed E-state index contributed by atoms with van der Waals surface area (Å²) in [4.78, 5) is 16.2. The minimum absolute atomic E-state index is 0.127. The van der Waals surface area contributed by atoms with Gasteiger partial charge in [-0.3, -0.25) is 9.78 Å². The molecule has 2 aliphatic rings. The zero-order valence-corrected chi connectivity index (χ0v) is 14.5. The number of fused-ring (bicyclic) bond motifs is 1. The molecule has 0 bridgehead atoms. The van der Waals surface area contributed by atoms with Crippen LogP contribution in [0.2, 0.25) is 0 Å². The fourth-order valence-corrected chi connectivity index (χ4v) is 4.85. The van der Waals surface area contributed by atoms with Crippen LogP contribution in [0, 0.1) is 0 Å². The quantitative estimate of drug-likeness (QED) is 0.887. The number of hydrogen-bond donors (Lipinski definition) is 1. The van der Waals surface area contributed by atoms with Gasteiger partial charge in [0.05, 0.1) is 21.9 Å². The van der Waals surface area contributed by atoms with Crippen LogP contribution >= 0.6 is 0 Å². The molecule has 4 rings (SSSR count). The highest BCUT2D eigenvalue weighted by Crippen LogP contribution is 2.44. The van der Waals surface area contributed by atoms with E-state index in [4.69, 9.17) is 0 Å². The Morgan fingerprint density at radius 1 is 1.19 bits per heavy atom. The van der Waals surface area contributed by atoms with Crippen molar-refractivity contribution >= 4 is 21.4 Å². The largest absolute Gasteiger partial charge is 0.321 e. The molecule has 0 saturated heterocycles. The lowest BCUT2D eigenvalue weighted by Gasteiger charge is -2.26. The SMILES string of the molecule is O=C(Nc1cccc2c1S(=O)(=O)CCC2(F)F)c1ccc(C2CC2)nc1. The monoisotopic (exact) mass is 378 g/mol. The van der Waals surface area contributed by atoms with Crippen molar-refractivity contribution in [2.45, 2.75) is 36.0 Å². The predicted molar refractivity (Wildman–Crippen MR) is 91.2 cm³/mol. The number of alkyl halides is 2. The van der Waals surface area contributed by atoms with E-state index in [1.165, 1.54) is 18.3 Å². The summed E-state index contributed by atoms with van der Waals surface area (Å²) in [5, 5.41) is 2.45. The lowest BCUT2D eigenvalue weighted by Crippen LogP contribution is -2.29. The second-order valence-electron chi connectivity index (χ2n) is 6.66. The highest BCUT2D eigenvalue weighted by molar-refractivity contribution is 7.91. The molecule has 1 aromatic carbocycles. The molecule has 1 fully saturated rings. The second-order valence-corrected chi connectivity index (χ2v) is 8.70. The van der Waals surface area contributed by atoms with Crippen molar-refractivity contribution in [1.82, 2.24) is 4.98 Å².